The van der Waals surface area contributed by atoms with Gasteiger partial charge in [-0.2, -0.15) is 17.7 Å². The quantitative estimate of drug-likeness (QED) is 0.599. The number of hydrogen-bond donors (Lipinski definition) is 2. The maximum absolute atomic E-state index is 13.4. The maximum Gasteiger partial charge on any atom is 0.586 e. The zero-order valence-corrected chi connectivity index (χ0v) is 14.2. The van der Waals surface area contributed by atoms with Crippen LogP contribution in [0.2, 0.25) is 0 Å². The summed E-state index contributed by atoms with van der Waals surface area (Å²) in [5.74, 6) is -0.582. The predicted molar refractivity (Wildman–Crippen MR) is 85.2 cm³/mol. The lowest BCUT2D eigenvalue weighted by molar-refractivity contribution is -0.302. The van der Waals surface area contributed by atoms with Crippen molar-refractivity contribution < 1.29 is 36.5 Å². The minimum atomic E-state index is -4.73. The molecule has 2 aliphatic heterocycles. The summed E-state index contributed by atoms with van der Waals surface area (Å²) in [7, 11) is 0. The van der Waals surface area contributed by atoms with Gasteiger partial charge in [0.2, 0.25) is 5.95 Å². The van der Waals surface area contributed by atoms with Crippen LogP contribution in [0.3, 0.4) is 0 Å². The average Bonchev–Trinajstić information content (AvgIpc) is 3.12. The molecule has 0 spiro atoms. The number of benzene rings is 1. The normalized spacial score (nSPS) is 20.3. The fraction of sp³-hybridized carbons (Fsp3) is 0.400. The van der Waals surface area contributed by atoms with E-state index in [1.165, 1.54) is 17.0 Å². The van der Waals surface area contributed by atoms with E-state index in [2.05, 4.69) is 24.5 Å². The summed E-state index contributed by atoms with van der Waals surface area (Å²) < 4.78 is 75.0. The predicted octanol–water partition coefficient (Wildman–Crippen LogP) is 1.29. The molecular weight excluding hydrogens is 407 g/mol. The SMILES string of the molecule is Nc1nc2c3c(ccc2c2nc(CN4CC(O)(C(F)(F)F)C4)nn12)OC(F)(F)O3. The van der Waals surface area contributed by atoms with Gasteiger partial charge in [-0.15, -0.1) is 13.9 Å². The zero-order valence-electron chi connectivity index (χ0n) is 14.2. The number of nitrogen functional groups attached to an aromatic ring is 1. The van der Waals surface area contributed by atoms with E-state index in [-0.39, 0.29) is 46.4 Å². The van der Waals surface area contributed by atoms with Gasteiger partial charge < -0.3 is 20.3 Å². The lowest BCUT2D eigenvalue weighted by Gasteiger charge is -2.46. The maximum atomic E-state index is 13.4. The number of ether oxygens (including phenoxy) is 2. The summed E-state index contributed by atoms with van der Waals surface area (Å²) >= 11 is 0. The van der Waals surface area contributed by atoms with Gasteiger partial charge >= 0.3 is 12.5 Å². The number of nitrogens with zero attached hydrogens (tertiary/aromatic N) is 5. The third kappa shape index (κ3) is 2.62. The van der Waals surface area contributed by atoms with Crippen molar-refractivity contribution in [2.24, 2.45) is 0 Å². The molecule has 3 N–H and O–H groups in total. The number of aliphatic hydroxyl groups is 1. The molecule has 0 amide bonds. The Kier molecular flexibility index (Phi) is 3.32. The lowest BCUT2D eigenvalue weighted by Crippen LogP contribution is -2.68. The third-order valence-corrected chi connectivity index (χ3v) is 4.74. The Bertz CT molecular complexity index is 1160. The summed E-state index contributed by atoms with van der Waals surface area (Å²) in [6, 6.07) is 2.68. The van der Waals surface area contributed by atoms with Crippen molar-refractivity contribution >= 4 is 22.5 Å². The van der Waals surface area contributed by atoms with Crippen LogP contribution < -0.4 is 15.2 Å². The smallest absolute Gasteiger partial charge is 0.395 e. The highest BCUT2D eigenvalue weighted by Crippen LogP contribution is 2.45. The van der Waals surface area contributed by atoms with Gasteiger partial charge in [-0.25, -0.2) is 9.97 Å². The first-order valence-corrected chi connectivity index (χ1v) is 8.21. The molecule has 0 unspecified atom stereocenters. The van der Waals surface area contributed by atoms with Crippen molar-refractivity contribution in [1.82, 2.24) is 24.5 Å². The Morgan fingerprint density at radius 2 is 1.90 bits per heavy atom. The number of halogens is 5. The molecule has 1 fully saturated rings. The summed E-state index contributed by atoms with van der Waals surface area (Å²) in [5.41, 5.74) is 3.22. The molecule has 9 nitrogen and oxygen atoms in total. The first-order chi connectivity index (χ1) is 13.5. The molecule has 1 saturated heterocycles. The number of β-amino-alcohol motifs (C(OH)–C–C–N with tert-alkyl or cyclic N) is 1. The first kappa shape index (κ1) is 18.1. The molecule has 0 radical (unpaired) electrons. The fourth-order valence-electron chi connectivity index (χ4n) is 3.39. The second kappa shape index (κ2) is 5.33. The largest absolute Gasteiger partial charge is 0.586 e. The van der Waals surface area contributed by atoms with E-state index in [0.29, 0.717) is 0 Å². The second-order valence-electron chi connectivity index (χ2n) is 6.86. The Labute approximate surface area is 157 Å². The van der Waals surface area contributed by atoms with Crippen LogP contribution >= 0.6 is 0 Å². The zero-order chi connectivity index (χ0) is 20.8. The number of nitrogens with two attached hydrogens (primary N) is 1. The number of alkyl halides is 5. The van der Waals surface area contributed by atoms with Gasteiger partial charge in [-0.3, -0.25) is 4.90 Å². The Morgan fingerprint density at radius 1 is 1.17 bits per heavy atom. The Morgan fingerprint density at radius 3 is 2.59 bits per heavy atom. The third-order valence-electron chi connectivity index (χ3n) is 4.74. The van der Waals surface area contributed by atoms with E-state index in [1.807, 2.05) is 0 Å². The standard InChI is InChI=1S/C15H11F5N6O3/c16-14(17,18)13(27)4-25(5-13)3-8-22-11-6-1-2-7-10(29-15(19,20)28-7)9(6)23-12(21)26(11)24-8/h1-2,27H,3-5H2,(H2,21,23). The highest BCUT2D eigenvalue weighted by molar-refractivity contribution is 5.97. The molecule has 3 aromatic rings. The van der Waals surface area contributed by atoms with Crippen molar-refractivity contribution in [2.75, 3.05) is 18.8 Å². The number of fused-ring (bicyclic) bond motifs is 5. The molecule has 0 bridgehead atoms. The van der Waals surface area contributed by atoms with Gasteiger partial charge in [0.15, 0.2) is 28.6 Å². The van der Waals surface area contributed by atoms with Gasteiger partial charge in [-0.1, -0.05) is 0 Å². The van der Waals surface area contributed by atoms with E-state index < -0.39 is 31.2 Å². The monoisotopic (exact) mass is 418 g/mol. The topological polar surface area (TPSA) is 111 Å². The van der Waals surface area contributed by atoms with Crippen molar-refractivity contribution in [3.63, 3.8) is 0 Å². The lowest BCUT2D eigenvalue weighted by atomic mass is 9.93. The highest BCUT2D eigenvalue weighted by atomic mass is 19.4. The van der Waals surface area contributed by atoms with Crippen molar-refractivity contribution in [3.05, 3.63) is 18.0 Å². The fourth-order valence-corrected chi connectivity index (χ4v) is 3.39. The molecule has 0 aliphatic carbocycles. The summed E-state index contributed by atoms with van der Waals surface area (Å²) in [6.07, 6.45) is -8.57. The molecule has 0 saturated carbocycles. The summed E-state index contributed by atoms with van der Waals surface area (Å²) in [6.45, 7) is -1.31. The van der Waals surface area contributed by atoms with Crippen LogP contribution in [-0.4, -0.2) is 60.7 Å². The van der Waals surface area contributed by atoms with E-state index in [9.17, 15) is 27.1 Å². The molecule has 0 atom stereocenters. The molecule has 29 heavy (non-hydrogen) atoms. The van der Waals surface area contributed by atoms with Crippen LogP contribution in [0.5, 0.6) is 11.5 Å². The number of hydrogen-bond acceptors (Lipinski definition) is 8. The van der Waals surface area contributed by atoms with Crippen LogP contribution in [0.25, 0.3) is 16.6 Å². The average molecular weight is 418 g/mol. The van der Waals surface area contributed by atoms with Crippen LogP contribution in [-0.2, 0) is 6.54 Å². The Hall–Kier alpha value is -3.00. The van der Waals surface area contributed by atoms with Gasteiger partial charge in [0.25, 0.3) is 0 Å². The summed E-state index contributed by atoms with van der Waals surface area (Å²) in [4.78, 5) is 9.57. The van der Waals surface area contributed by atoms with E-state index in [4.69, 9.17) is 5.73 Å². The van der Waals surface area contributed by atoms with E-state index >= 15 is 0 Å². The van der Waals surface area contributed by atoms with E-state index in [1.54, 1.807) is 0 Å². The first-order valence-electron chi connectivity index (χ1n) is 8.21. The van der Waals surface area contributed by atoms with Crippen LogP contribution in [0.15, 0.2) is 12.1 Å². The minimum absolute atomic E-state index is 0.0148. The molecular formula is C15H11F5N6O3. The van der Waals surface area contributed by atoms with Crippen LogP contribution in [0.4, 0.5) is 27.9 Å². The number of anilines is 1. The molecule has 2 aliphatic rings. The molecule has 2 aromatic heterocycles. The number of likely N-dealkylation sites (tertiary alicyclic amines) is 1. The van der Waals surface area contributed by atoms with E-state index in [0.717, 1.165) is 4.52 Å². The Balaban J connectivity index is 1.50. The number of aromatic nitrogens is 4. The molecule has 1 aromatic carbocycles. The summed E-state index contributed by atoms with van der Waals surface area (Å²) in [5, 5.41) is 13.9. The number of rotatable bonds is 2. The minimum Gasteiger partial charge on any atom is -0.395 e. The van der Waals surface area contributed by atoms with Crippen LogP contribution in [0.1, 0.15) is 5.82 Å². The van der Waals surface area contributed by atoms with Crippen molar-refractivity contribution in [1.29, 1.82) is 0 Å². The van der Waals surface area contributed by atoms with Gasteiger partial charge in [0.1, 0.15) is 5.52 Å². The van der Waals surface area contributed by atoms with Crippen molar-refractivity contribution in [2.45, 2.75) is 24.6 Å². The molecule has 5 rings (SSSR count). The van der Waals surface area contributed by atoms with Crippen molar-refractivity contribution in [3.8, 4) is 11.5 Å². The van der Waals surface area contributed by atoms with Crippen LogP contribution in [0, 0.1) is 0 Å². The highest BCUT2D eigenvalue weighted by Gasteiger charge is 2.60. The molecule has 4 heterocycles. The van der Waals surface area contributed by atoms with Gasteiger partial charge in [0.05, 0.1) is 6.54 Å². The molecule has 14 heteroatoms. The second-order valence-corrected chi connectivity index (χ2v) is 6.86. The molecule has 154 valence electrons. The van der Waals surface area contributed by atoms with Gasteiger partial charge in [0, 0.05) is 18.5 Å². The van der Waals surface area contributed by atoms with Gasteiger partial charge in [-0.05, 0) is 12.1 Å².